The predicted molar refractivity (Wildman–Crippen MR) is 80.9 cm³/mol. The molecule has 1 aliphatic heterocycles. The lowest BCUT2D eigenvalue weighted by Crippen LogP contribution is -2.38. The molecule has 0 spiro atoms. The molecule has 1 amide bonds. The molecule has 0 atom stereocenters. The molecule has 20 heavy (non-hydrogen) atoms. The fourth-order valence-electron chi connectivity index (χ4n) is 2.53. The lowest BCUT2D eigenvalue weighted by Gasteiger charge is -2.31. The molecular formula is C14H18N4OS. The number of amides is 1. The van der Waals surface area contributed by atoms with Crippen LogP contribution in [0.2, 0.25) is 0 Å². The topological polar surface area (TPSA) is 58.1 Å². The van der Waals surface area contributed by atoms with Gasteiger partial charge in [-0.1, -0.05) is 11.3 Å². The minimum Gasteiger partial charge on any atom is -0.361 e. The highest BCUT2D eigenvalue weighted by molar-refractivity contribution is 7.21. The molecule has 1 N–H and O–H groups in total. The van der Waals surface area contributed by atoms with Crippen molar-refractivity contribution in [1.29, 1.82) is 0 Å². The van der Waals surface area contributed by atoms with Gasteiger partial charge in [0.25, 0.3) is 0 Å². The molecule has 0 aromatic carbocycles. The first kappa shape index (κ1) is 13.3. The van der Waals surface area contributed by atoms with Crippen molar-refractivity contribution >= 4 is 32.7 Å². The third-order valence-electron chi connectivity index (χ3n) is 3.77. The lowest BCUT2D eigenvalue weighted by atomic mass is 9.97. The Morgan fingerprint density at radius 2 is 2.30 bits per heavy atom. The summed E-state index contributed by atoms with van der Waals surface area (Å²) < 4.78 is 0. The second-order valence-electron chi connectivity index (χ2n) is 5.18. The van der Waals surface area contributed by atoms with Crippen LogP contribution in [0.4, 0.5) is 5.13 Å². The molecule has 1 aliphatic rings. The molecule has 1 saturated heterocycles. The number of rotatable bonds is 3. The maximum absolute atomic E-state index is 11.3. The number of carbonyl (C=O) groups is 1. The van der Waals surface area contributed by atoms with Crippen LogP contribution in [0.15, 0.2) is 18.3 Å². The van der Waals surface area contributed by atoms with E-state index in [1.807, 2.05) is 17.0 Å². The van der Waals surface area contributed by atoms with E-state index in [-0.39, 0.29) is 5.91 Å². The molecule has 0 radical (unpaired) electrons. The van der Waals surface area contributed by atoms with Gasteiger partial charge in [0.15, 0.2) is 5.13 Å². The maximum atomic E-state index is 11.3. The summed E-state index contributed by atoms with van der Waals surface area (Å²) in [4.78, 5) is 23.0. The second kappa shape index (κ2) is 5.75. The van der Waals surface area contributed by atoms with Crippen molar-refractivity contribution in [2.75, 3.05) is 25.0 Å². The molecule has 6 heteroatoms. The Morgan fingerprint density at radius 1 is 1.50 bits per heavy atom. The molecule has 106 valence electrons. The van der Waals surface area contributed by atoms with Gasteiger partial charge in [0, 0.05) is 32.8 Å². The number of carbonyl (C=O) groups excluding carboxylic acids is 1. The van der Waals surface area contributed by atoms with Crippen LogP contribution in [-0.4, -0.2) is 40.4 Å². The monoisotopic (exact) mass is 290 g/mol. The summed E-state index contributed by atoms with van der Waals surface area (Å²) >= 11 is 1.59. The van der Waals surface area contributed by atoms with Crippen molar-refractivity contribution in [2.24, 2.45) is 5.92 Å². The number of nitrogens with zero attached hydrogens (tertiary/aromatic N) is 3. The van der Waals surface area contributed by atoms with Gasteiger partial charge >= 0.3 is 0 Å². The van der Waals surface area contributed by atoms with Crippen LogP contribution in [0.1, 0.15) is 19.8 Å². The number of aromatic nitrogens is 2. The summed E-state index contributed by atoms with van der Waals surface area (Å²) in [7, 11) is 0. The van der Waals surface area contributed by atoms with E-state index in [2.05, 4.69) is 15.3 Å². The summed E-state index contributed by atoms with van der Waals surface area (Å²) in [6.45, 7) is 4.32. The molecule has 2 aromatic rings. The summed E-state index contributed by atoms with van der Waals surface area (Å²) in [5, 5.41) is 4.35. The van der Waals surface area contributed by atoms with Gasteiger partial charge < -0.3 is 10.2 Å². The molecule has 3 heterocycles. The Balaban J connectivity index is 1.54. The third-order valence-corrected chi connectivity index (χ3v) is 4.71. The van der Waals surface area contributed by atoms with E-state index in [1.54, 1.807) is 24.5 Å². The van der Waals surface area contributed by atoms with E-state index in [9.17, 15) is 4.79 Å². The Hall–Kier alpha value is -1.69. The summed E-state index contributed by atoms with van der Waals surface area (Å²) in [6.07, 6.45) is 3.92. The first-order valence-electron chi connectivity index (χ1n) is 6.93. The van der Waals surface area contributed by atoms with Crippen molar-refractivity contribution in [3.05, 3.63) is 18.3 Å². The highest BCUT2D eigenvalue weighted by atomic mass is 32.1. The van der Waals surface area contributed by atoms with E-state index >= 15 is 0 Å². The van der Waals surface area contributed by atoms with Gasteiger partial charge in [-0.15, -0.1) is 0 Å². The van der Waals surface area contributed by atoms with Gasteiger partial charge in [-0.3, -0.25) is 4.79 Å². The average Bonchev–Trinajstić information content (AvgIpc) is 2.88. The van der Waals surface area contributed by atoms with Gasteiger partial charge in [0.05, 0.1) is 0 Å². The van der Waals surface area contributed by atoms with Crippen molar-refractivity contribution in [2.45, 2.75) is 19.8 Å². The Bertz CT molecular complexity index is 571. The zero-order valence-corrected chi connectivity index (χ0v) is 12.3. The van der Waals surface area contributed by atoms with Crippen LogP contribution in [0.25, 0.3) is 10.3 Å². The van der Waals surface area contributed by atoms with E-state index in [0.717, 1.165) is 48.0 Å². The molecule has 0 unspecified atom stereocenters. The highest BCUT2D eigenvalue weighted by Crippen LogP contribution is 2.24. The van der Waals surface area contributed by atoms with Gasteiger partial charge in [0.1, 0.15) is 10.3 Å². The van der Waals surface area contributed by atoms with Crippen molar-refractivity contribution in [3.8, 4) is 0 Å². The van der Waals surface area contributed by atoms with Gasteiger partial charge in [-0.2, -0.15) is 0 Å². The molecule has 1 fully saturated rings. The fraction of sp³-hybridized carbons (Fsp3) is 0.500. The lowest BCUT2D eigenvalue weighted by molar-refractivity contribution is -0.130. The number of pyridine rings is 1. The minimum absolute atomic E-state index is 0.189. The number of fused-ring (bicyclic) bond motifs is 1. The molecule has 3 rings (SSSR count). The normalized spacial score (nSPS) is 16.6. The van der Waals surface area contributed by atoms with E-state index in [4.69, 9.17) is 0 Å². The van der Waals surface area contributed by atoms with Crippen LogP contribution in [0, 0.1) is 5.92 Å². The number of nitrogens with one attached hydrogen (secondary N) is 1. The number of hydrogen-bond donors (Lipinski definition) is 1. The number of likely N-dealkylation sites (tertiary alicyclic amines) is 1. The van der Waals surface area contributed by atoms with E-state index < -0.39 is 0 Å². The first-order valence-corrected chi connectivity index (χ1v) is 7.75. The zero-order chi connectivity index (χ0) is 13.9. The van der Waals surface area contributed by atoms with Crippen LogP contribution in [-0.2, 0) is 4.79 Å². The summed E-state index contributed by atoms with van der Waals surface area (Å²) in [5.74, 6) is 0.805. The highest BCUT2D eigenvalue weighted by Gasteiger charge is 2.20. The Labute approximate surface area is 122 Å². The molecule has 5 nitrogen and oxygen atoms in total. The SMILES string of the molecule is CC(=O)N1CCC(CNc2nc3cccnc3s2)CC1. The van der Waals surface area contributed by atoms with Crippen molar-refractivity contribution < 1.29 is 4.79 Å². The smallest absolute Gasteiger partial charge is 0.219 e. The second-order valence-corrected chi connectivity index (χ2v) is 6.15. The molecule has 0 bridgehead atoms. The fourth-order valence-corrected chi connectivity index (χ4v) is 3.34. The first-order chi connectivity index (χ1) is 9.72. The minimum atomic E-state index is 0.189. The Morgan fingerprint density at radius 3 is 3.00 bits per heavy atom. The van der Waals surface area contributed by atoms with Crippen molar-refractivity contribution in [1.82, 2.24) is 14.9 Å². The van der Waals surface area contributed by atoms with Crippen LogP contribution < -0.4 is 5.32 Å². The van der Waals surface area contributed by atoms with Gasteiger partial charge in [-0.05, 0) is 30.9 Å². The van der Waals surface area contributed by atoms with Crippen molar-refractivity contribution in [3.63, 3.8) is 0 Å². The number of thiazole rings is 1. The molecular weight excluding hydrogens is 272 g/mol. The quantitative estimate of drug-likeness (QED) is 0.943. The number of hydrogen-bond acceptors (Lipinski definition) is 5. The average molecular weight is 290 g/mol. The third kappa shape index (κ3) is 2.90. The maximum Gasteiger partial charge on any atom is 0.219 e. The molecule has 0 saturated carbocycles. The van der Waals surface area contributed by atoms with Crippen LogP contribution in [0.3, 0.4) is 0 Å². The number of piperidine rings is 1. The summed E-state index contributed by atoms with van der Waals surface area (Å²) in [6, 6.07) is 3.89. The standard InChI is InChI=1S/C14H18N4OS/c1-10(19)18-7-4-11(5-8-18)9-16-14-17-12-3-2-6-15-13(12)20-14/h2-3,6,11H,4-5,7-9H2,1H3,(H,16,17). The molecule has 0 aliphatic carbocycles. The summed E-state index contributed by atoms with van der Waals surface area (Å²) in [5.41, 5.74) is 0.950. The van der Waals surface area contributed by atoms with E-state index in [1.165, 1.54) is 0 Å². The number of anilines is 1. The van der Waals surface area contributed by atoms with Crippen LogP contribution in [0.5, 0.6) is 0 Å². The van der Waals surface area contributed by atoms with Crippen LogP contribution >= 0.6 is 11.3 Å². The zero-order valence-electron chi connectivity index (χ0n) is 11.5. The largest absolute Gasteiger partial charge is 0.361 e. The van der Waals surface area contributed by atoms with Gasteiger partial charge in [-0.25, -0.2) is 9.97 Å². The van der Waals surface area contributed by atoms with E-state index in [0.29, 0.717) is 5.92 Å². The molecule has 2 aromatic heterocycles. The Kier molecular flexibility index (Phi) is 3.82. The predicted octanol–water partition coefficient (Wildman–Crippen LogP) is 2.36. The van der Waals surface area contributed by atoms with Gasteiger partial charge in [0.2, 0.25) is 5.91 Å².